The summed E-state index contributed by atoms with van der Waals surface area (Å²) in [5, 5.41) is 17.4. The van der Waals surface area contributed by atoms with Crippen molar-refractivity contribution in [3.8, 4) is 0 Å². The molecule has 0 bridgehead atoms. The zero-order valence-corrected chi connectivity index (χ0v) is 26.9. The Morgan fingerprint density at radius 1 is 0.469 bits per heavy atom. The fourth-order valence-corrected chi connectivity index (χ4v) is 6.25. The van der Waals surface area contributed by atoms with Gasteiger partial charge in [0.15, 0.2) is 0 Å². The van der Waals surface area contributed by atoms with E-state index in [0.717, 1.165) is 56.4 Å². The highest BCUT2D eigenvalue weighted by molar-refractivity contribution is 6.12. The van der Waals surface area contributed by atoms with Crippen LogP contribution in [0, 0.1) is 0 Å². The highest BCUT2D eigenvalue weighted by atomic mass is 15.2. The van der Waals surface area contributed by atoms with Crippen molar-refractivity contribution in [2.24, 2.45) is 4.99 Å². The van der Waals surface area contributed by atoms with Crippen molar-refractivity contribution in [1.29, 1.82) is 0 Å². The highest BCUT2D eigenvalue weighted by Crippen LogP contribution is 2.39. The number of hydrogen-bond acceptors (Lipinski definition) is 3. The molecule has 49 heavy (non-hydrogen) atoms. The van der Waals surface area contributed by atoms with Gasteiger partial charge in [-0.2, -0.15) is 0 Å². The predicted molar refractivity (Wildman–Crippen MR) is 203 cm³/mol. The number of nitrogens with one attached hydrogen (secondary N) is 2. The lowest BCUT2D eigenvalue weighted by atomic mass is 9.98. The molecule has 0 spiro atoms. The molecule has 0 radical (unpaired) electrons. The standard InChI is InChI=1S/C44H35N5/c1-5-13-31(14-6-1)39-29-41(48-43(46-39)35-17-9-3-10-18-35)33-21-25-37(26-22-33)45-38-27-23-34(24-28-38)42-30-40(32-15-7-2-8-16-32)47-44(49-42)36-19-11-4-12-20-36/h1-30,39,42-43,45-46H/q-2. The molecule has 0 amide bonds. The van der Waals surface area contributed by atoms with Crippen LogP contribution in [0.5, 0.6) is 0 Å². The summed E-state index contributed by atoms with van der Waals surface area (Å²) in [7, 11) is 0. The normalized spacial score (nSPS) is 18.6. The molecule has 2 heterocycles. The predicted octanol–water partition coefficient (Wildman–Crippen LogP) is 11.1. The Hall–Kier alpha value is -6.17. The fourth-order valence-electron chi connectivity index (χ4n) is 6.25. The first-order chi connectivity index (χ1) is 24.2. The monoisotopic (exact) mass is 633 g/mol. The molecule has 238 valence electrons. The van der Waals surface area contributed by atoms with Gasteiger partial charge < -0.3 is 26.3 Å². The SMILES string of the molecule is C1=C(c2ccccc2)N=C(c2ccccc2)[N-]C1c1ccc(Nc2ccc(C3=CC(c4ccccc4)NC(c4ccccc4)[N-]3)cc2)cc1. The van der Waals surface area contributed by atoms with Crippen LogP contribution in [0.2, 0.25) is 0 Å². The summed E-state index contributed by atoms with van der Waals surface area (Å²) in [6, 6.07) is 58.4. The van der Waals surface area contributed by atoms with Crippen molar-refractivity contribution in [3.63, 3.8) is 0 Å². The van der Waals surface area contributed by atoms with Crippen LogP contribution in [-0.2, 0) is 0 Å². The van der Waals surface area contributed by atoms with Gasteiger partial charge in [0.1, 0.15) is 0 Å². The molecule has 0 aromatic heterocycles. The average Bonchev–Trinajstić information content (AvgIpc) is 3.19. The number of rotatable bonds is 8. The highest BCUT2D eigenvalue weighted by Gasteiger charge is 2.17. The van der Waals surface area contributed by atoms with Crippen LogP contribution in [0.1, 0.15) is 51.6 Å². The van der Waals surface area contributed by atoms with Gasteiger partial charge in [0.05, 0.1) is 0 Å². The Kier molecular flexibility index (Phi) is 8.56. The lowest BCUT2D eigenvalue weighted by Gasteiger charge is -2.44. The van der Waals surface area contributed by atoms with Gasteiger partial charge in [-0.25, -0.2) is 0 Å². The summed E-state index contributed by atoms with van der Waals surface area (Å²) in [5.74, 6) is 0.745. The van der Waals surface area contributed by atoms with Gasteiger partial charge in [-0.15, -0.1) is 5.70 Å². The molecule has 0 saturated heterocycles. The van der Waals surface area contributed by atoms with Gasteiger partial charge in [0, 0.05) is 23.5 Å². The van der Waals surface area contributed by atoms with E-state index in [-0.39, 0.29) is 18.2 Å². The first-order valence-electron chi connectivity index (χ1n) is 16.6. The van der Waals surface area contributed by atoms with Gasteiger partial charge in [0.2, 0.25) is 0 Å². The molecular weight excluding hydrogens is 599 g/mol. The first kappa shape index (κ1) is 30.2. The summed E-state index contributed by atoms with van der Waals surface area (Å²) >= 11 is 0. The first-order valence-corrected chi connectivity index (χ1v) is 16.6. The molecule has 3 unspecified atom stereocenters. The number of aliphatic imine (C=N–C) groups is 1. The third-order valence-electron chi connectivity index (χ3n) is 8.83. The molecule has 2 aliphatic heterocycles. The van der Waals surface area contributed by atoms with Crippen molar-refractivity contribution in [3.05, 3.63) is 226 Å². The summed E-state index contributed by atoms with van der Waals surface area (Å²) < 4.78 is 0. The number of hydrogen-bond donors (Lipinski definition) is 2. The zero-order valence-electron chi connectivity index (χ0n) is 26.9. The molecule has 8 rings (SSSR count). The van der Waals surface area contributed by atoms with Crippen LogP contribution in [0.4, 0.5) is 11.4 Å². The second-order valence-electron chi connectivity index (χ2n) is 12.2. The molecule has 0 fully saturated rings. The van der Waals surface area contributed by atoms with Gasteiger partial charge in [-0.1, -0.05) is 164 Å². The minimum atomic E-state index is -0.141. The van der Waals surface area contributed by atoms with E-state index in [1.165, 1.54) is 5.56 Å². The summed E-state index contributed by atoms with van der Waals surface area (Å²) in [6.45, 7) is 0. The van der Waals surface area contributed by atoms with Gasteiger partial charge in [0.25, 0.3) is 0 Å². The number of amidine groups is 1. The molecule has 5 heteroatoms. The van der Waals surface area contributed by atoms with Crippen molar-refractivity contribution in [2.75, 3.05) is 5.32 Å². The summed E-state index contributed by atoms with van der Waals surface area (Å²) in [6.07, 6.45) is 4.23. The van der Waals surface area contributed by atoms with E-state index in [1.807, 2.05) is 42.5 Å². The topological polar surface area (TPSA) is 64.6 Å². The van der Waals surface area contributed by atoms with E-state index in [9.17, 15) is 0 Å². The maximum atomic E-state index is 5.12. The number of benzene rings is 6. The van der Waals surface area contributed by atoms with Crippen LogP contribution < -0.4 is 10.6 Å². The van der Waals surface area contributed by atoms with Crippen LogP contribution in [-0.4, -0.2) is 5.84 Å². The quantitative estimate of drug-likeness (QED) is 0.175. The Labute approximate surface area is 287 Å². The van der Waals surface area contributed by atoms with E-state index >= 15 is 0 Å². The molecule has 3 atom stereocenters. The van der Waals surface area contributed by atoms with Gasteiger partial charge in [-0.3, -0.25) is 0 Å². The molecule has 6 aromatic rings. The van der Waals surface area contributed by atoms with Crippen molar-refractivity contribution in [1.82, 2.24) is 5.32 Å². The smallest absolute Gasteiger partial charge is 0.0489 e. The van der Waals surface area contributed by atoms with Crippen molar-refractivity contribution < 1.29 is 0 Å². The van der Waals surface area contributed by atoms with Gasteiger partial charge >= 0.3 is 0 Å². The largest absolute Gasteiger partial charge is 0.666 e. The van der Waals surface area contributed by atoms with Crippen LogP contribution in [0.25, 0.3) is 22.0 Å². The molecule has 2 aliphatic rings. The lowest BCUT2D eigenvalue weighted by Crippen LogP contribution is -2.28. The van der Waals surface area contributed by atoms with E-state index in [0.29, 0.717) is 0 Å². The van der Waals surface area contributed by atoms with Gasteiger partial charge in [-0.05, 0) is 69.5 Å². The molecular formula is C44H35N5-2. The maximum Gasteiger partial charge on any atom is 0.0489 e. The third-order valence-corrected chi connectivity index (χ3v) is 8.83. The number of nitrogens with zero attached hydrogens (tertiary/aromatic N) is 3. The zero-order chi connectivity index (χ0) is 32.8. The van der Waals surface area contributed by atoms with Crippen LogP contribution in [0.3, 0.4) is 0 Å². The summed E-state index contributed by atoms with van der Waals surface area (Å²) in [4.78, 5) is 4.94. The molecule has 0 aliphatic carbocycles. The van der Waals surface area contributed by atoms with Crippen LogP contribution in [0.15, 0.2) is 187 Å². The minimum Gasteiger partial charge on any atom is -0.666 e. The van der Waals surface area contributed by atoms with Crippen LogP contribution >= 0.6 is 0 Å². The average molecular weight is 634 g/mol. The Balaban J connectivity index is 0.997. The molecule has 6 aromatic carbocycles. The van der Waals surface area contributed by atoms with E-state index in [4.69, 9.17) is 15.6 Å². The van der Waals surface area contributed by atoms with E-state index in [1.54, 1.807) is 0 Å². The fraction of sp³-hybridized carbons (Fsp3) is 0.0682. The Morgan fingerprint density at radius 2 is 1.02 bits per heavy atom. The molecule has 0 saturated carbocycles. The molecule has 5 nitrogen and oxygen atoms in total. The molecule has 2 N–H and O–H groups in total. The second kappa shape index (κ2) is 13.9. The van der Waals surface area contributed by atoms with Crippen molar-refractivity contribution in [2.45, 2.75) is 18.2 Å². The second-order valence-corrected chi connectivity index (χ2v) is 12.2. The minimum absolute atomic E-state index is 0.0554. The lowest BCUT2D eigenvalue weighted by molar-refractivity contribution is 0.541. The maximum absolute atomic E-state index is 5.12. The van der Waals surface area contributed by atoms with Crippen molar-refractivity contribution >= 4 is 28.6 Å². The van der Waals surface area contributed by atoms with E-state index in [2.05, 4.69) is 150 Å². The van der Waals surface area contributed by atoms with E-state index < -0.39 is 0 Å². The number of anilines is 2. The Morgan fingerprint density at radius 3 is 1.65 bits per heavy atom. The summed E-state index contributed by atoms with van der Waals surface area (Å²) in [5.41, 5.74) is 10.6. The third kappa shape index (κ3) is 6.93. The Bertz CT molecular complexity index is 2090.